The van der Waals surface area contributed by atoms with E-state index >= 15 is 0 Å². The van der Waals surface area contributed by atoms with E-state index in [2.05, 4.69) is 0 Å². The zero-order valence-corrected chi connectivity index (χ0v) is 11.1. The van der Waals surface area contributed by atoms with Gasteiger partial charge in [0.1, 0.15) is 0 Å². The van der Waals surface area contributed by atoms with Crippen LogP contribution in [-0.4, -0.2) is 0 Å². The van der Waals surface area contributed by atoms with E-state index in [1.165, 1.54) is 0 Å². The van der Waals surface area contributed by atoms with Gasteiger partial charge in [0, 0.05) is 84.6 Å². The van der Waals surface area contributed by atoms with E-state index in [9.17, 15) is 0 Å². The Hall–Kier alpha value is 2.61. The van der Waals surface area contributed by atoms with Crippen molar-refractivity contribution in [1.82, 2.24) is 24.6 Å². The molecule has 0 radical (unpaired) electrons. The molecule has 0 rings (SSSR count). The molecule has 0 aromatic heterocycles. The van der Waals surface area contributed by atoms with Crippen molar-refractivity contribution in [2.24, 2.45) is 0 Å². The van der Waals surface area contributed by atoms with Gasteiger partial charge >= 0.3 is 0 Å². The average Bonchev–Trinajstić information content (AvgIpc) is 0. The van der Waals surface area contributed by atoms with Crippen molar-refractivity contribution in [2.75, 3.05) is 0 Å². The minimum Gasteiger partial charge on any atom is -0.344 e. The molecule has 0 aliphatic heterocycles. The summed E-state index contributed by atoms with van der Waals surface area (Å²) in [6.45, 7) is 0. The van der Waals surface area contributed by atoms with E-state index in [1.807, 2.05) is 0 Å². The van der Waals surface area contributed by atoms with E-state index in [-0.39, 0.29) is 109 Å². The van der Waals surface area contributed by atoms with Crippen LogP contribution in [-0.2, 0) is 84.6 Å². The van der Waals surface area contributed by atoms with E-state index in [0.29, 0.717) is 0 Å². The van der Waals surface area contributed by atoms with Crippen molar-refractivity contribution in [2.45, 2.75) is 0 Å². The molecule has 0 fully saturated rings. The fraction of sp³-hybridized carbons (Fsp3) is 0. The van der Waals surface area contributed by atoms with Crippen molar-refractivity contribution < 1.29 is 84.6 Å². The summed E-state index contributed by atoms with van der Waals surface area (Å²) in [4.78, 5) is 0. The summed E-state index contributed by atoms with van der Waals surface area (Å²) in [7, 11) is 0. The fourth-order valence-electron chi connectivity index (χ4n) is 0. The molecule has 0 bridgehead atoms. The molecule has 4 nitrogen and oxygen atoms in total. The van der Waals surface area contributed by atoms with Gasteiger partial charge in [-0.15, -0.1) is 0 Å². The third-order valence-electron chi connectivity index (χ3n) is 0. The van der Waals surface area contributed by atoms with E-state index in [1.54, 1.807) is 0 Å². The standard InChI is InChI=1S/4H3N.Ru.3Ti/h4*1H3;;;;. The molecule has 0 aromatic carbocycles. The molecule has 0 spiro atoms. The fourth-order valence-corrected chi connectivity index (χ4v) is 0. The molecule has 0 aromatic rings. The first-order valence-corrected chi connectivity index (χ1v) is 0. The smallest absolute Gasteiger partial charge is 0 e. The summed E-state index contributed by atoms with van der Waals surface area (Å²) in [6, 6.07) is 0. The number of rotatable bonds is 0. The van der Waals surface area contributed by atoms with Crippen LogP contribution in [0.25, 0.3) is 0 Å². The zero-order chi connectivity index (χ0) is 0. The molecule has 0 saturated carbocycles. The Labute approximate surface area is 108 Å². The molecule has 0 saturated heterocycles. The van der Waals surface area contributed by atoms with Gasteiger partial charge in [-0.2, -0.15) is 0 Å². The Morgan fingerprint density at radius 2 is 0.375 bits per heavy atom. The van der Waals surface area contributed by atoms with Crippen LogP contribution in [0.1, 0.15) is 0 Å². The summed E-state index contributed by atoms with van der Waals surface area (Å²) in [5.41, 5.74) is 0. The molecular formula is H12N4RuTi3. The van der Waals surface area contributed by atoms with Crippen LogP contribution >= 0.6 is 0 Å². The van der Waals surface area contributed by atoms with Crippen LogP contribution in [0.5, 0.6) is 0 Å². The first-order valence-electron chi connectivity index (χ1n) is 0. The van der Waals surface area contributed by atoms with Gasteiger partial charge in [-0.25, -0.2) is 0 Å². The van der Waals surface area contributed by atoms with Gasteiger partial charge in [0.15, 0.2) is 0 Å². The van der Waals surface area contributed by atoms with Gasteiger partial charge in [0.2, 0.25) is 0 Å². The molecule has 0 unspecified atom stereocenters. The molecule has 0 aliphatic rings. The van der Waals surface area contributed by atoms with Crippen LogP contribution in [0.15, 0.2) is 0 Å². The van der Waals surface area contributed by atoms with Crippen LogP contribution in [0, 0.1) is 0 Å². The van der Waals surface area contributed by atoms with Gasteiger partial charge in [-0.3, -0.25) is 0 Å². The molecule has 0 atom stereocenters. The quantitative estimate of drug-likeness (QED) is 0.487. The largest absolute Gasteiger partial charge is 0.344 e. The minimum absolute atomic E-state index is 0. The molecule has 52 valence electrons. The molecule has 0 heterocycles. The Kier molecular flexibility index (Phi) is 1890. The Balaban J connectivity index is 0. The Morgan fingerprint density at radius 1 is 0.375 bits per heavy atom. The molecule has 0 amide bonds. The maximum atomic E-state index is 0. The molecule has 8 heavy (non-hydrogen) atoms. The molecule has 0 aliphatic carbocycles. The maximum Gasteiger partial charge on any atom is 0 e. The topological polar surface area (TPSA) is 140 Å². The second-order valence-corrected chi connectivity index (χ2v) is 0. The van der Waals surface area contributed by atoms with Gasteiger partial charge in [-0.05, 0) is 0 Å². The van der Waals surface area contributed by atoms with Crippen LogP contribution in [0.2, 0.25) is 0 Å². The third kappa shape index (κ3) is 73.3. The van der Waals surface area contributed by atoms with Crippen LogP contribution < -0.4 is 24.6 Å². The third-order valence-corrected chi connectivity index (χ3v) is 0. The Morgan fingerprint density at radius 3 is 0.375 bits per heavy atom. The van der Waals surface area contributed by atoms with Crippen molar-refractivity contribution in [3.63, 3.8) is 0 Å². The van der Waals surface area contributed by atoms with E-state index < -0.39 is 0 Å². The summed E-state index contributed by atoms with van der Waals surface area (Å²) in [6.07, 6.45) is 0. The SMILES string of the molecule is N.N.N.N.[Ru].[Ti].[Ti].[Ti]. The van der Waals surface area contributed by atoms with Crippen molar-refractivity contribution in [3.8, 4) is 0 Å². The normalized spacial score (nSPS) is 0. The van der Waals surface area contributed by atoms with E-state index in [4.69, 9.17) is 0 Å². The average molecular weight is 313 g/mol. The first-order chi connectivity index (χ1) is 0. The van der Waals surface area contributed by atoms with Gasteiger partial charge in [0.05, 0.1) is 0 Å². The number of hydrogen-bond acceptors (Lipinski definition) is 4. The van der Waals surface area contributed by atoms with Crippen molar-refractivity contribution in [1.29, 1.82) is 0 Å². The predicted octanol–water partition coefficient (Wildman–Crippen LogP) is 0.638. The molecular weight excluding hydrogens is 301 g/mol. The second-order valence-electron chi connectivity index (χ2n) is 0. The molecule has 8 heteroatoms. The zero-order valence-electron chi connectivity index (χ0n) is 4.68. The van der Waals surface area contributed by atoms with Crippen LogP contribution in [0.4, 0.5) is 0 Å². The van der Waals surface area contributed by atoms with Gasteiger partial charge in [0.25, 0.3) is 0 Å². The monoisotopic (exact) mass is 314 g/mol. The van der Waals surface area contributed by atoms with Crippen molar-refractivity contribution >= 4 is 0 Å². The van der Waals surface area contributed by atoms with E-state index in [0.717, 1.165) is 0 Å². The minimum atomic E-state index is 0. The van der Waals surface area contributed by atoms with Crippen LogP contribution in [0.3, 0.4) is 0 Å². The van der Waals surface area contributed by atoms with Gasteiger partial charge in [-0.1, -0.05) is 0 Å². The summed E-state index contributed by atoms with van der Waals surface area (Å²) >= 11 is 0. The summed E-state index contributed by atoms with van der Waals surface area (Å²) in [5.74, 6) is 0. The van der Waals surface area contributed by atoms with Gasteiger partial charge < -0.3 is 24.6 Å². The summed E-state index contributed by atoms with van der Waals surface area (Å²) < 4.78 is 0. The Bertz CT molecular complexity index is 11.2. The molecule has 12 N–H and O–H groups in total. The first kappa shape index (κ1) is 144. The number of hydrogen-bond donors (Lipinski definition) is 4. The van der Waals surface area contributed by atoms with Crippen molar-refractivity contribution in [3.05, 3.63) is 0 Å². The predicted molar refractivity (Wildman–Crippen MR) is 20.1 cm³/mol. The second kappa shape index (κ2) is 105. The maximum absolute atomic E-state index is 0. The summed E-state index contributed by atoms with van der Waals surface area (Å²) in [5, 5.41) is 0.